The molecule has 1 aliphatic heterocycles. The lowest BCUT2D eigenvalue weighted by Crippen LogP contribution is -2.56. The molecule has 0 spiro atoms. The van der Waals surface area contributed by atoms with Gasteiger partial charge in [-0.05, 0) is 17.8 Å². The second-order valence-corrected chi connectivity index (χ2v) is 4.62. The number of hydrogen-bond donors (Lipinski definition) is 2. The summed E-state index contributed by atoms with van der Waals surface area (Å²) in [6.45, 7) is 0.105. The summed E-state index contributed by atoms with van der Waals surface area (Å²) in [5, 5.41) is 4.54. The van der Waals surface area contributed by atoms with Gasteiger partial charge >= 0.3 is 5.97 Å². The van der Waals surface area contributed by atoms with Crippen molar-refractivity contribution in [1.29, 1.82) is 0 Å². The van der Waals surface area contributed by atoms with Crippen LogP contribution in [0, 0.1) is 5.92 Å². The molecule has 6 nitrogen and oxygen atoms in total. The Kier molecular flexibility index (Phi) is 4.41. The summed E-state index contributed by atoms with van der Waals surface area (Å²) >= 11 is 4.66. The molecule has 1 heterocycles. The molecule has 1 aromatic carbocycles. The summed E-state index contributed by atoms with van der Waals surface area (Å²) < 4.78 is 5.02. The van der Waals surface area contributed by atoms with Crippen molar-refractivity contribution in [3.05, 3.63) is 35.9 Å². The molecule has 2 rings (SSSR count). The average molecular weight is 292 g/mol. The van der Waals surface area contributed by atoms with Crippen LogP contribution >= 0.6 is 12.2 Å². The maximum Gasteiger partial charge on any atom is 0.307 e. The minimum atomic E-state index is -1.11. The fraction of sp³-hybridized carbons (Fsp3) is 0.231. The molecular weight excluding hydrogens is 280 g/mol. The standard InChI is InChI=1S/C13H12N2O4S/c16-10(19-7-8-4-2-1-3-5-8)6-9-11(17)14-13(20)15-12(9)18/h1-5,9H,6-7H2,(H2,14,15,17,18,20). The zero-order valence-corrected chi connectivity index (χ0v) is 11.2. The van der Waals surface area contributed by atoms with Crippen LogP contribution < -0.4 is 10.6 Å². The van der Waals surface area contributed by atoms with Gasteiger partial charge in [0.2, 0.25) is 11.8 Å². The minimum absolute atomic E-state index is 0.0473. The number of esters is 1. The number of ether oxygens (including phenoxy) is 1. The Balaban J connectivity index is 1.86. The van der Waals surface area contributed by atoms with E-state index in [0.717, 1.165) is 5.56 Å². The number of hydrogen-bond acceptors (Lipinski definition) is 5. The van der Waals surface area contributed by atoms with Crippen molar-refractivity contribution >= 4 is 35.1 Å². The van der Waals surface area contributed by atoms with Gasteiger partial charge in [-0.25, -0.2) is 0 Å². The van der Waals surface area contributed by atoms with E-state index < -0.39 is 23.7 Å². The van der Waals surface area contributed by atoms with Gasteiger partial charge in [0.1, 0.15) is 12.5 Å². The summed E-state index contributed by atoms with van der Waals surface area (Å²) in [5.74, 6) is -2.90. The van der Waals surface area contributed by atoms with E-state index in [1.807, 2.05) is 30.3 Å². The molecule has 0 aliphatic carbocycles. The number of thiocarbonyl (C=S) groups is 1. The first-order chi connectivity index (χ1) is 9.56. The molecule has 7 heteroatoms. The molecular formula is C13H12N2O4S. The van der Waals surface area contributed by atoms with Crippen molar-refractivity contribution in [2.75, 3.05) is 0 Å². The second-order valence-electron chi connectivity index (χ2n) is 4.21. The van der Waals surface area contributed by atoms with Crippen molar-refractivity contribution in [2.45, 2.75) is 13.0 Å². The topological polar surface area (TPSA) is 84.5 Å². The molecule has 2 N–H and O–H groups in total. The minimum Gasteiger partial charge on any atom is -0.461 e. The average Bonchev–Trinajstić information content (AvgIpc) is 2.42. The van der Waals surface area contributed by atoms with Crippen LogP contribution in [0.15, 0.2) is 30.3 Å². The van der Waals surface area contributed by atoms with Gasteiger partial charge in [-0.2, -0.15) is 0 Å². The van der Waals surface area contributed by atoms with Gasteiger partial charge in [0.15, 0.2) is 5.11 Å². The Bertz CT molecular complexity index is 539. The van der Waals surface area contributed by atoms with Gasteiger partial charge < -0.3 is 15.4 Å². The maximum absolute atomic E-state index is 11.6. The lowest BCUT2D eigenvalue weighted by molar-refractivity contribution is -0.151. The molecule has 104 valence electrons. The van der Waals surface area contributed by atoms with E-state index in [9.17, 15) is 14.4 Å². The number of benzene rings is 1. The Morgan fingerprint density at radius 1 is 1.15 bits per heavy atom. The predicted molar refractivity (Wildman–Crippen MR) is 73.2 cm³/mol. The zero-order valence-electron chi connectivity index (χ0n) is 10.4. The van der Waals surface area contributed by atoms with E-state index >= 15 is 0 Å². The highest BCUT2D eigenvalue weighted by molar-refractivity contribution is 7.80. The van der Waals surface area contributed by atoms with Crippen molar-refractivity contribution in [3.63, 3.8) is 0 Å². The molecule has 0 aromatic heterocycles. The Hall–Kier alpha value is -2.28. The van der Waals surface area contributed by atoms with Crippen LogP contribution in [0.1, 0.15) is 12.0 Å². The summed E-state index contributed by atoms with van der Waals surface area (Å²) in [6.07, 6.45) is -0.312. The largest absolute Gasteiger partial charge is 0.461 e. The van der Waals surface area contributed by atoms with Crippen LogP contribution in [0.4, 0.5) is 0 Å². The van der Waals surface area contributed by atoms with Crippen LogP contribution in [-0.2, 0) is 25.7 Å². The Labute approximate surface area is 120 Å². The lowest BCUT2D eigenvalue weighted by atomic mass is 10.0. The van der Waals surface area contributed by atoms with Crippen molar-refractivity contribution in [2.24, 2.45) is 5.92 Å². The number of rotatable bonds is 4. The number of carbonyl (C=O) groups is 3. The highest BCUT2D eigenvalue weighted by Crippen LogP contribution is 2.10. The van der Waals surface area contributed by atoms with Gasteiger partial charge in [0.05, 0.1) is 6.42 Å². The third kappa shape index (κ3) is 3.61. The first-order valence-corrected chi connectivity index (χ1v) is 6.32. The van der Waals surface area contributed by atoms with Gasteiger partial charge in [-0.3, -0.25) is 14.4 Å². The Morgan fingerprint density at radius 2 is 1.75 bits per heavy atom. The molecule has 1 aromatic rings. The van der Waals surface area contributed by atoms with Gasteiger partial charge in [0, 0.05) is 0 Å². The van der Waals surface area contributed by atoms with Crippen LogP contribution in [-0.4, -0.2) is 22.9 Å². The highest BCUT2D eigenvalue weighted by Gasteiger charge is 2.34. The van der Waals surface area contributed by atoms with E-state index in [-0.39, 0.29) is 18.1 Å². The van der Waals surface area contributed by atoms with E-state index in [4.69, 9.17) is 4.74 Å². The molecule has 0 saturated carbocycles. The summed E-state index contributed by atoms with van der Waals surface area (Å²) in [7, 11) is 0. The van der Waals surface area contributed by atoms with Gasteiger partial charge in [-0.15, -0.1) is 0 Å². The van der Waals surface area contributed by atoms with Crippen molar-refractivity contribution in [3.8, 4) is 0 Å². The predicted octanol–water partition coefficient (Wildman–Crippen LogP) is 0.267. The Morgan fingerprint density at radius 3 is 2.35 bits per heavy atom. The number of carbonyl (C=O) groups excluding carboxylic acids is 3. The molecule has 0 radical (unpaired) electrons. The molecule has 0 bridgehead atoms. The smallest absolute Gasteiger partial charge is 0.307 e. The van der Waals surface area contributed by atoms with Crippen LogP contribution in [0.3, 0.4) is 0 Å². The molecule has 0 atom stereocenters. The van der Waals surface area contributed by atoms with Crippen molar-refractivity contribution < 1.29 is 19.1 Å². The summed E-state index contributed by atoms with van der Waals surface area (Å²) in [6, 6.07) is 9.13. The second kappa shape index (κ2) is 6.25. The highest BCUT2D eigenvalue weighted by atomic mass is 32.1. The van der Waals surface area contributed by atoms with E-state index in [0.29, 0.717) is 0 Å². The third-order valence-electron chi connectivity index (χ3n) is 2.72. The summed E-state index contributed by atoms with van der Waals surface area (Å²) in [5.41, 5.74) is 0.833. The van der Waals surface area contributed by atoms with Crippen LogP contribution in [0.2, 0.25) is 0 Å². The number of amides is 2. The lowest BCUT2D eigenvalue weighted by Gasteiger charge is -2.21. The maximum atomic E-state index is 11.6. The normalized spacial score (nSPS) is 15.5. The third-order valence-corrected chi connectivity index (χ3v) is 2.92. The molecule has 0 unspecified atom stereocenters. The van der Waals surface area contributed by atoms with Crippen LogP contribution in [0.5, 0.6) is 0 Å². The van der Waals surface area contributed by atoms with E-state index in [1.54, 1.807) is 0 Å². The van der Waals surface area contributed by atoms with Gasteiger partial charge in [-0.1, -0.05) is 30.3 Å². The monoisotopic (exact) mass is 292 g/mol. The molecule has 1 fully saturated rings. The van der Waals surface area contributed by atoms with E-state index in [2.05, 4.69) is 22.9 Å². The molecule has 1 aliphatic rings. The van der Waals surface area contributed by atoms with Crippen molar-refractivity contribution in [1.82, 2.24) is 10.6 Å². The fourth-order valence-electron chi connectivity index (χ4n) is 1.70. The molecule has 2 amide bonds. The van der Waals surface area contributed by atoms with E-state index in [1.165, 1.54) is 0 Å². The SMILES string of the molecule is O=C(CC1C(=O)NC(=S)NC1=O)OCc1ccccc1. The molecule has 1 saturated heterocycles. The quantitative estimate of drug-likeness (QED) is 0.473. The van der Waals surface area contributed by atoms with Gasteiger partial charge in [0.25, 0.3) is 0 Å². The van der Waals surface area contributed by atoms with Crippen LogP contribution in [0.25, 0.3) is 0 Å². The first-order valence-electron chi connectivity index (χ1n) is 5.91. The summed E-state index contributed by atoms with van der Waals surface area (Å²) in [4.78, 5) is 34.8. The first kappa shape index (κ1) is 14.1. The fourth-order valence-corrected chi connectivity index (χ4v) is 1.90. The molecule has 20 heavy (non-hydrogen) atoms. The zero-order chi connectivity index (χ0) is 14.5. The number of nitrogens with one attached hydrogen (secondary N) is 2.